The summed E-state index contributed by atoms with van der Waals surface area (Å²) in [6.45, 7) is 7.00. The number of hydrogen-bond acceptors (Lipinski definition) is 6. The average molecular weight is 358 g/mol. The molecule has 0 spiro atoms. The van der Waals surface area contributed by atoms with Crippen LogP contribution in [-0.4, -0.2) is 40.8 Å². The van der Waals surface area contributed by atoms with Crippen LogP contribution in [0.15, 0.2) is 9.98 Å². The SMILES string of the molecule is CSC1=Nc2sc3c(c2C2=NCCCN12)CC(C)(C)OC3.Cl. The lowest BCUT2D eigenvalue weighted by Gasteiger charge is -2.34. The molecule has 0 aromatic carbocycles. The van der Waals surface area contributed by atoms with E-state index in [-0.39, 0.29) is 18.0 Å². The first-order chi connectivity index (χ1) is 10.1. The average Bonchev–Trinajstić information content (AvgIpc) is 2.83. The van der Waals surface area contributed by atoms with Gasteiger partial charge < -0.3 is 9.64 Å². The first-order valence-corrected chi connectivity index (χ1v) is 9.37. The smallest absolute Gasteiger partial charge is 0.170 e. The number of nitrogens with zero attached hydrogens (tertiary/aromatic N) is 3. The summed E-state index contributed by atoms with van der Waals surface area (Å²) in [5.74, 6) is 1.14. The van der Waals surface area contributed by atoms with Gasteiger partial charge in [-0.05, 0) is 32.1 Å². The van der Waals surface area contributed by atoms with Gasteiger partial charge in [0.15, 0.2) is 5.17 Å². The van der Waals surface area contributed by atoms with E-state index in [1.807, 2.05) is 0 Å². The minimum absolute atomic E-state index is 0. The second-order valence-electron chi connectivity index (χ2n) is 6.22. The Bertz CT molecular complexity index is 666. The highest BCUT2D eigenvalue weighted by atomic mass is 35.5. The molecule has 3 aliphatic rings. The molecule has 0 bridgehead atoms. The second kappa shape index (κ2) is 5.82. The maximum absolute atomic E-state index is 5.96. The number of hydrogen-bond donors (Lipinski definition) is 0. The fourth-order valence-electron chi connectivity index (χ4n) is 3.16. The quantitative estimate of drug-likeness (QED) is 0.708. The van der Waals surface area contributed by atoms with E-state index in [2.05, 4.69) is 25.0 Å². The highest BCUT2D eigenvalue weighted by Gasteiger charge is 2.37. The van der Waals surface area contributed by atoms with Crippen LogP contribution in [0.3, 0.4) is 0 Å². The summed E-state index contributed by atoms with van der Waals surface area (Å²) in [5.41, 5.74) is 2.61. The van der Waals surface area contributed by atoms with Crippen molar-refractivity contribution in [1.82, 2.24) is 4.90 Å². The molecule has 22 heavy (non-hydrogen) atoms. The maximum Gasteiger partial charge on any atom is 0.170 e. The van der Waals surface area contributed by atoms with Crippen LogP contribution in [0.5, 0.6) is 0 Å². The van der Waals surface area contributed by atoms with Gasteiger partial charge in [-0.25, -0.2) is 4.99 Å². The first kappa shape index (κ1) is 16.3. The van der Waals surface area contributed by atoms with Crippen LogP contribution in [0.2, 0.25) is 0 Å². The van der Waals surface area contributed by atoms with Crippen LogP contribution in [0.1, 0.15) is 36.3 Å². The van der Waals surface area contributed by atoms with Crippen molar-refractivity contribution in [2.45, 2.75) is 38.9 Å². The van der Waals surface area contributed by atoms with Crippen molar-refractivity contribution in [2.24, 2.45) is 9.98 Å². The predicted molar refractivity (Wildman–Crippen MR) is 97.5 cm³/mol. The molecule has 0 saturated heterocycles. The predicted octanol–water partition coefficient (Wildman–Crippen LogP) is 3.84. The third-order valence-electron chi connectivity index (χ3n) is 4.16. The monoisotopic (exact) mass is 357 g/mol. The van der Waals surface area contributed by atoms with Crippen LogP contribution >= 0.6 is 35.5 Å². The lowest BCUT2D eigenvalue weighted by atomic mass is 9.92. The largest absolute Gasteiger partial charge is 0.370 e. The molecule has 0 N–H and O–H groups in total. The Morgan fingerprint density at radius 3 is 2.95 bits per heavy atom. The minimum atomic E-state index is -0.0919. The molecule has 0 fully saturated rings. The van der Waals surface area contributed by atoms with Gasteiger partial charge in [-0.3, -0.25) is 4.99 Å². The number of fused-ring (bicyclic) bond motifs is 5. The van der Waals surface area contributed by atoms with E-state index < -0.39 is 0 Å². The Morgan fingerprint density at radius 2 is 2.18 bits per heavy atom. The van der Waals surface area contributed by atoms with Gasteiger partial charge >= 0.3 is 0 Å². The van der Waals surface area contributed by atoms with E-state index in [0.717, 1.165) is 41.9 Å². The van der Waals surface area contributed by atoms with Crippen LogP contribution in [-0.2, 0) is 17.8 Å². The van der Waals surface area contributed by atoms with E-state index in [0.29, 0.717) is 6.61 Å². The lowest BCUT2D eigenvalue weighted by Crippen LogP contribution is -2.42. The number of rotatable bonds is 0. The standard InChI is InChI=1S/C15H19N3OS2.ClH/c1-15(2)7-9-10(8-19-15)21-13-11(9)12-16-5-4-6-18(12)14(17-13)20-3;/h4-8H2,1-3H3;1H. The topological polar surface area (TPSA) is 37.2 Å². The van der Waals surface area contributed by atoms with Gasteiger partial charge in [0.2, 0.25) is 0 Å². The van der Waals surface area contributed by atoms with Crippen molar-refractivity contribution in [3.05, 3.63) is 16.0 Å². The van der Waals surface area contributed by atoms with E-state index in [9.17, 15) is 0 Å². The van der Waals surface area contributed by atoms with Crippen LogP contribution in [0.4, 0.5) is 5.00 Å². The van der Waals surface area contributed by atoms with Gasteiger partial charge in [0, 0.05) is 24.4 Å². The Balaban J connectivity index is 0.00000144. The van der Waals surface area contributed by atoms with E-state index in [4.69, 9.17) is 14.7 Å². The molecule has 4 heterocycles. The molecule has 3 aliphatic heterocycles. The van der Waals surface area contributed by atoms with Crippen molar-refractivity contribution in [3.8, 4) is 0 Å². The van der Waals surface area contributed by atoms with Crippen LogP contribution in [0.25, 0.3) is 0 Å². The highest BCUT2D eigenvalue weighted by molar-refractivity contribution is 8.13. The molecular formula is C15H20ClN3OS2. The summed E-state index contributed by atoms with van der Waals surface area (Å²) < 4.78 is 5.96. The molecule has 0 atom stereocenters. The molecule has 4 nitrogen and oxygen atoms in total. The van der Waals surface area contributed by atoms with E-state index >= 15 is 0 Å². The van der Waals surface area contributed by atoms with Gasteiger partial charge in [0.05, 0.1) is 17.8 Å². The third-order valence-corrected chi connectivity index (χ3v) is 5.94. The molecule has 0 saturated carbocycles. The Labute approximate surface area is 145 Å². The molecule has 0 unspecified atom stereocenters. The lowest BCUT2D eigenvalue weighted by molar-refractivity contribution is -0.0383. The van der Waals surface area contributed by atoms with E-state index in [1.54, 1.807) is 23.1 Å². The summed E-state index contributed by atoms with van der Waals surface area (Å²) >= 11 is 3.49. The summed E-state index contributed by atoms with van der Waals surface area (Å²) in [6.07, 6.45) is 4.15. The zero-order valence-electron chi connectivity index (χ0n) is 13.0. The summed E-state index contributed by atoms with van der Waals surface area (Å²) in [5, 5.41) is 2.21. The summed E-state index contributed by atoms with van der Waals surface area (Å²) in [4.78, 5) is 13.4. The number of halogens is 1. The molecule has 0 aliphatic carbocycles. The second-order valence-corrected chi connectivity index (χ2v) is 8.08. The number of amidine groups is 2. The molecule has 1 aromatic heterocycles. The van der Waals surface area contributed by atoms with Gasteiger partial charge in [-0.1, -0.05) is 11.8 Å². The molecule has 0 amide bonds. The van der Waals surface area contributed by atoms with Crippen molar-refractivity contribution in [3.63, 3.8) is 0 Å². The molecule has 1 aromatic rings. The van der Waals surface area contributed by atoms with Crippen molar-refractivity contribution >= 4 is 51.5 Å². The summed E-state index contributed by atoms with van der Waals surface area (Å²) in [6, 6.07) is 0. The highest BCUT2D eigenvalue weighted by Crippen LogP contribution is 2.45. The molecule has 7 heteroatoms. The van der Waals surface area contributed by atoms with Crippen LogP contribution < -0.4 is 0 Å². The Kier molecular flexibility index (Phi) is 4.31. The molecule has 4 rings (SSSR count). The van der Waals surface area contributed by atoms with Gasteiger partial charge in [0.25, 0.3) is 0 Å². The zero-order chi connectivity index (χ0) is 14.6. The molecule has 0 radical (unpaired) electrons. The summed E-state index contributed by atoms with van der Waals surface area (Å²) in [7, 11) is 0. The van der Waals surface area contributed by atoms with Gasteiger partial charge in [-0.2, -0.15) is 0 Å². The van der Waals surface area contributed by atoms with Crippen molar-refractivity contribution in [2.75, 3.05) is 19.3 Å². The van der Waals surface area contributed by atoms with Crippen molar-refractivity contribution < 1.29 is 4.74 Å². The van der Waals surface area contributed by atoms with Crippen LogP contribution in [0, 0.1) is 0 Å². The van der Waals surface area contributed by atoms with Gasteiger partial charge in [0.1, 0.15) is 10.8 Å². The fraction of sp³-hybridized carbons (Fsp3) is 0.600. The third kappa shape index (κ3) is 2.50. The Morgan fingerprint density at radius 1 is 1.36 bits per heavy atom. The maximum atomic E-state index is 5.96. The Hall–Kier alpha value is -0.560. The van der Waals surface area contributed by atoms with Gasteiger partial charge in [-0.15, -0.1) is 23.7 Å². The zero-order valence-corrected chi connectivity index (χ0v) is 15.5. The van der Waals surface area contributed by atoms with E-state index in [1.165, 1.54) is 16.0 Å². The number of ether oxygens (including phenoxy) is 1. The fourth-order valence-corrected chi connectivity index (χ4v) is 4.89. The van der Waals surface area contributed by atoms with Crippen molar-refractivity contribution in [1.29, 1.82) is 0 Å². The minimum Gasteiger partial charge on any atom is -0.370 e. The molecule has 120 valence electrons. The first-order valence-electron chi connectivity index (χ1n) is 7.32. The normalized spacial score (nSPS) is 21.9. The molecular weight excluding hydrogens is 338 g/mol. The number of thioether (sulfide) groups is 1. The number of thiophene rings is 1. The number of aliphatic imine (C=N–C) groups is 2.